The highest BCUT2D eigenvalue weighted by Crippen LogP contribution is 2.25. The third-order valence-electron chi connectivity index (χ3n) is 4.65. The maximum atomic E-state index is 14.0. The van der Waals surface area contributed by atoms with Gasteiger partial charge in [-0.1, -0.05) is 49.7 Å². The first-order valence-electron chi connectivity index (χ1n) is 9.48. The molecule has 0 aliphatic carbocycles. The van der Waals surface area contributed by atoms with Gasteiger partial charge in [0.25, 0.3) is 0 Å². The van der Waals surface area contributed by atoms with Crippen molar-refractivity contribution in [1.29, 1.82) is 0 Å². The Labute approximate surface area is 174 Å². The third-order valence-corrected chi connectivity index (χ3v) is 5.53. The first kappa shape index (κ1) is 21.0. The first-order chi connectivity index (χ1) is 13.8. The van der Waals surface area contributed by atoms with Crippen LogP contribution in [0.15, 0.2) is 53.9 Å². The van der Waals surface area contributed by atoms with Crippen molar-refractivity contribution in [1.82, 2.24) is 10.3 Å². The van der Waals surface area contributed by atoms with E-state index in [0.29, 0.717) is 24.4 Å². The number of nitrogens with one attached hydrogen (secondary N) is 1. The van der Waals surface area contributed by atoms with Crippen LogP contribution in [0.25, 0.3) is 0 Å². The van der Waals surface area contributed by atoms with Gasteiger partial charge in [-0.05, 0) is 30.7 Å². The zero-order valence-corrected chi connectivity index (χ0v) is 17.7. The summed E-state index contributed by atoms with van der Waals surface area (Å²) in [6, 6.07) is 14.5. The molecule has 1 heterocycles. The summed E-state index contributed by atoms with van der Waals surface area (Å²) in [6.07, 6.45) is 0.189. The molecular formula is C23H25FN2O2S. The van der Waals surface area contributed by atoms with Gasteiger partial charge in [0.1, 0.15) is 23.2 Å². The lowest BCUT2D eigenvalue weighted by molar-refractivity contribution is -0.120. The van der Waals surface area contributed by atoms with E-state index in [1.165, 1.54) is 23.0 Å². The summed E-state index contributed by atoms with van der Waals surface area (Å²) in [6.45, 7) is 6.57. The largest absolute Gasteiger partial charge is 0.486 e. The highest BCUT2D eigenvalue weighted by atomic mass is 32.1. The van der Waals surface area contributed by atoms with Crippen LogP contribution >= 0.6 is 11.3 Å². The molecule has 1 N–H and O–H groups in total. The molecule has 0 saturated heterocycles. The highest BCUT2D eigenvalue weighted by molar-refractivity contribution is 7.09. The highest BCUT2D eigenvalue weighted by Gasteiger charge is 2.24. The van der Waals surface area contributed by atoms with E-state index in [4.69, 9.17) is 4.74 Å². The van der Waals surface area contributed by atoms with E-state index < -0.39 is 5.41 Å². The number of rotatable bonds is 8. The molecule has 0 fully saturated rings. The zero-order valence-electron chi connectivity index (χ0n) is 16.9. The number of ether oxygens (including phenoxy) is 1. The Morgan fingerprint density at radius 2 is 1.90 bits per heavy atom. The smallest absolute Gasteiger partial charge is 0.226 e. The standard InChI is InChI=1S/C23H25FN2O2S/c1-16-8-10-18(11-9-16)28-13-22-26-17(14-29-22)12-21(27)25-15-23(2,3)19-6-4-5-7-20(19)24/h4-11,14H,12-13,15H2,1-3H3,(H,25,27). The molecule has 0 aliphatic heterocycles. The minimum absolute atomic E-state index is 0.134. The predicted octanol–water partition coefficient (Wildman–Crippen LogP) is 4.81. The fourth-order valence-electron chi connectivity index (χ4n) is 2.93. The zero-order chi connectivity index (χ0) is 20.9. The molecule has 0 unspecified atom stereocenters. The molecule has 4 nitrogen and oxygen atoms in total. The second kappa shape index (κ2) is 9.18. The van der Waals surface area contributed by atoms with Crippen LogP contribution in [0.1, 0.15) is 35.7 Å². The van der Waals surface area contributed by atoms with Crippen molar-refractivity contribution in [2.75, 3.05) is 6.54 Å². The van der Waals surface area contributed by atoms with Crippen LogP contribution in [0, 0.1) is 12.7 Å². The summed E-state index contributed by atoms with van der Waals surface area (Å²) < 4.78 is 19.8. The van der Waals surface area contributed by atoms with Crippen molar-refractivity contribution < 1.29 is 13.9 Å². The minimum Gasteiger partial charge on any atom is -0.486 e. The van der Waals surface area contributed by atoms with Gasteiger partial charge in [-0.25, -0.2) is 9.37 Å². The molecule has 0 atom stereocenters. The monoisotopic (exact) mass is 412 g/mol. The summed E-state index contributed by atoms with van der Waals surface area (Å²) in [7, 11) is 0. The van der Waals surface area contributed by atoms with Crippen LogP contribution in [0.3, 0.4) is 0 Å². The van der Waals surface area contributed by atoms with Crippen LogP contribution in [-0.4, -0.2) is 17.4 Å². The number of hydrogen-bond acceptors (Lipinski definition) is 4. The van der Waals surface area contributed by atoms with Crippen LogP contribution in [0.4, 0.5) is 4.39 Å². The maximum absolute atomic E-state index is 14.0. The number of aryl methyl sites for hydroxylation is 1. The number of carbonyl (C=O) groups is 1. The van der Waals surface area contributed by atoms with Gasteiger partial charge in [0.15, 0.2) is 0 Å². The number of aromatic nitrogens is 1. The molecule has 6 heteroatoms. The van der Waals surface area contributed by atoms with Gasteiger partial charge >= 0.3 is 0 Å². The van der Waals surface area contributed by atoms with Gasteiger partial charge in [0.2, 0.25) is 5.91 Å². The summed E-state index contributed by atoms with van der Waals surface area (Å²) in [5.41, 5.74) is 1.97. The summed E-state index contributed by atoms with van der Waals surface area (Å²) in [5.74, 6) is 0.399. The summed E-state index contributed by atoms with van der Waals surface area (Å²) >= 11 is 1.47. The number of nitrogens with zero attached hydrogens (tertiary/aromatic N) is 1. The van der Waals surface area contributed by atoms with E-state index in [9.17, 15) is 9.18 Å². The Bertz CT molecular complexity index is 967. The van der Waals surface area contributed by atoms with E-state index in [2.05, 4.69) is 10.3 Å². The lowest BCUT2D eigenvalue weighted by atomic mass is 9.84. The van der Waals surface area contributed by atoms with Crippen molar-refractivity contribution in [3.63, 3.8) is 0 Å². The van der Waals surface area contributed by atoms with Crippen molar-refractivity contribution in [3.05, 3.63) is 81.6 Å². The van der Waals surface area contributed by atoms with E-state index in [-0.39, 0.29) is 18.1 Å². The molecule has 0 bridgehead atoms. The molecule has 29 heavy (non-hydrogen) atoms. The lowest BCUT2D eigenvalue weighted by Gasteiger charge is -2.26. The predicted molar refractivity (Wildman–Crippen MR) is 114 cm³/mol. The Hall–Kier alpha value is -2.73. The average molecular weight is 413 g/mol. The Kier molecular flexibility index (Phi) is 6.64. The first-order valence-corrected chi connectivity index (χ1v) is 10.4. The molecule has 0 spiro atoms. The SMILES string of the molecule is Cc1ccc(OCc2nc(CC(=O)NCC(C)(C)c3ccccc3F)cs2)cc1. The molecular weight excluding hydrogens is 387 g/mol. The van der Waals surface area contributed by atoms with Crippen molar-refractivity contribution in [2.24, 2.45) is 0 Å². The van der Waals surface area contributed by atoms with Crippen LogP contribution in [0.2, 0.25) is 0 Å². The third kappa shape index (κ3) is 5.87. The van der Waals surface area contributed by atoms with Gasteiger partial charge in [0, 0.05) is 17.3 Å². The van der Waals surface area contributed by atoms with E-state index >= 15 is 0 Å². The molecule has 152 valence electrons. The quantitative estimate of drug-likeness (QED) is 0.578. The maximum Gasteiger partial charge on any atom is 0.226 e. The molecule has 0 radical (unpaired) electrons. The topological polar surface area (TPSA) is 51.2 Å². The van der Waals surface area contributed by atoms with Crippen molar-refractivity contribution >= 4 is 17.2 Å². The average Bonchev–Trinajstić information content (AvgIpc) is 3.13. The van der Waals surface area contributed by atoms with Gasteiger partial charge in [0.05, 0.1) is 12.1 Å². The summed E-state index contributed by atoms with van der Waals surface area (Å²) in [5, 5.41) is 5.59. The van der Waals surface area contributed by atoms with E-state index in [1.54, 1.807) is 18.2 Å². The van der Waals surface area contributed by atoms with Gasteiger partial charge in [-0.3, -0.25) is 4.79 Å². The Morgan fingerprint density at radius 3 is 2.62 bits per heavy atom. The molecule has 1 amide bonds. The van der Waals surface area contributed by atoms with Crippen LogP contribution in [0.5, 0.6) is 5.75 Å². The number of thiazole rings is 1. The lowest BCUT2D eigenvalue weighted by Crippen LogP contribution is -2.38. The molecule has 0 aliphatic rings. The summed E-state index contributed by atoms with van der Waals surface area (Å²) in [4.78, 5) is 16.8. The second-order valence-corrected chi connectivity index (χ2v) is 8.59. The molecule has 0 saturated carbocycles. The number of halogens is 1. The molecule has 1 aromatic heterocycles. The normalized spacial score (nSPS) is 11.3. The van der Waals surface area contributed by atoms with Crippen molar-refractivity contribution in [3.8, 4) is 5.75 Å². The van der Waals surface area contributed by atoms with Crippen molar-refractivity contribution in [2.45, 2.75) is 39.2 Å². The van der Waals surface area contributed by atoms with Crippen LogP contribution < -0.4 is 10.1 Å². The number of amides is 1. The Balaban J connectivity index is 1.49. The van der Waals surface area contributed by atoms with Gasteiger partial charge in [-0.2, -0.15) is 0 Å². The number of carbonyl (C=O) groups excluding carboxylic acids is 1. The minimum atomic E-state index is -0.504. The van der Waals surface area contributed by atoms with E-state index in [1.807, 2.05) is 50.4 Å². The number of benzene rings is 2. The fourth-order valence-corrected chi connectivity index (χ4v) is 3.63. The Morgan fingerprint density at radius 1 is 1.17 bits per heavy atom. The van der Waals surface area contributed by atoms with Gasteiger partial charge in [-0.15, -0.1) is 11.3 Å². The fraction of sp³-hybridized carbons (Fsp3) is 0.304. The molecule has 2 aromatic carbocycles. The number of hydrogen-bond donors (Lipinski definition) is 1. The second-order valence-electron chi connectivity index (χ2n) is 7.65. The van der Waals surface area contributed by atoms with Gasteiger partial charge < -0.3 is 10.1 Å². The van der Waals surface area contributed by atoms with E-state index in [0.717, 1.165) is 10.8 Å². The molecule has 3 aromatic rings. The van der Waals surface area contributed by atoms with Crippen LogP contribution in [-0.2, 0) is 23.2 Å². The molecule has 3 rings (SSSR count).